The lowest BCUT2D eigenvalue weighted by atomic mass is 10.0. The van der Waals surface area contributed by atoms with Gasteiger partial charge in [-0.15, -0.1) is 0 Å². The van der Waals surface area contributed by atoms with Crippen LogP contribution in [0.5, 0.6) is 0 Å². The molecule has 0 rings (SSSR count). The molecular weight excluding hydrogens is 828 g/mol. The van der Waals surface area contributed by atoms with Gasteiger partial charge in [0.05, 0.1) is 39.9 Å². The summed E-state index contributed by atoms with van der Waals surface area (Å²) in [7, 11) is 1.54. The number of carbonyl (C=O) groups is 1. The van der Waals surface area contributed by atoms with Crippen molar-refractivity contribution in [3.8, 4) is 0 Å². The molecule has 378 valence electrons. The number of allylic oxidation sites excluding steroid dienone is 11. The maximum atomic E-state index is 12.9. The monoisotopic (exact) mass is 932 g/mol. The van der Waals surface area contributed by atoms with Gasteiger partial charge in [0.15, 0.2) is 0 Å². The zero-order valence-electron chi connectivity index (χ0n) is 43.0. The molecule has 0 aromatic heterocycles. The van der Waals surface area contributed by atoms with Crippen molar-refractivity contribution in [2.24, 2.45) is 0 Å². The summed E-state index contributed by atoms with van der Waals surface area (Å²) in [6.07, 6.45) is 64.3. The van der Waals surface area contributed by atoms with Gasteiger partial charge in [0.25, 0.3) is 0 Å². The molecule has 0 bridgehead atoms. The van der Waals surface area contributed by atoms with Crippen LogP contribution < -0.4 is 5.32 Å². The normalized spacial score (nSPS) is 14.6. The minimum Gasteiger partial charge on any atom is -0.387 e. The first-order valence-corrected chi connectivity index (χ1v) is 28.3. The number of nitrogens with zero attached hydrogens (tertiary/aromatic N) is 1. The van der Waals surface area contributed by atoms with Crippen LogP contribution in [0.4, 0.5) is 0 Å². The molecule has 3 atom stereocenters. The van der Waals surface area contributed by atoms with Gasteiger partial charge in [-0.05, 0) is 83.5 Å². The Hall–Kier alpha value is -2.06. The lowest BCUT2D eigenvalue weighted by molar-refractivity contribution is -0.870. The van der Waals surface area contributed by atoms with Gasteiger partial charge in [0.1, 0.15) is 13.2 Å². The minimum absolute atomic E-state index is 0.0511. The number of carbonyl (C=O) groups excluding carboxylic acids is 1. The number of phosphoric ester groups is 1. The Bertz CT molecular complexity index is 1290. The van der Waals surface area contributed by atoms with E-state index >= 15 is 0 Å². The van der Waals surface area contributed by atoms with E-state index in [9.17, 15) is 19.4 Å². The van der Waals surface area contributed by atoms with Crippen molar-refractivity contribution in [2.45, 2.75) is 238 Å². The summed E-state index contributed by atoms with van der Waals surface area (Å²) in [6, 6.07) is -0.872. The molecule has 65 heavy (non-hydrogen) atoms. The van der Waals surface area contributed by atoms with E-state index in [1.807, 2.05) is 27.2 Å². The molecule has 1 amide bonds. The summed E-state index contributed by atoms with van der Waals surface area (Å²) in [4.78, 5) is 23.2. The van der Waals surface area contributed by atoms with Crippen LogP contribution in [0.2, 0.25) is 0 Å². The quantitative estimate of drug-likeness (QED) is 0.0243. The Morgan fingerprint density at radius 3 is 1.35 bits per heavy atom. The number of quaternary nitrogens is 1. The Morgan fingerprint density at radius 2 is 0.892 bits per heavy atom. The van der Waals surface area contributed by atoms with Gasteiger partial charge in [0.2, 0.25) is 5.91 Å². The number of nitrogens with one attached hydrogen (secondary N) is 1. The summed E-state index contributed by atoms with van der Waals surface area (Å²) in [6.45, 7) is 4.75. The van der Waals surface area contributed by atoms with Gasteiger partial charge in [0, 0.05) is 6.42 Å². The average molecular weight is 932 g/mol. The van der Waals surface area contributed by atoms with E-state index in [2.05, 4.69) is 79.9 Å². The number of phosphoric acid groups is 1. The van der Waals surface area contributed by atoms with Crippen molar-refractivity contribution < 1.29 is 32.9 Å². The first-order chi connectivity index (χ1) is 31.5. The first kappa shape index (κ1) is 62.9. The van der Waals surface area contributed by atoms with Crippen LogP contribution in [0.25, 0.3) is 0 Å². The van der Waals surface area contributed by atoms with E-state index in [0.717, 1.165) is 57.8 Å². The molecule has 0 aromatic rings. The molecule has 0 aliphatic carbocycles. The maximum absolute atomic E-state index is 12.9. The van der Waals surface area contributed by atoms with Gasteiger partial charge in [-0.1, -0.05) is 209 Å². The zero-order chi connectivity index (χ0) is 47.8. The van der Waals surface area contributed by atoms with E-state index in [0.29, 0.717) is 17.4 Å². The molecule has 0 aliphatic heterocycles. The number of hydrogen-bond acceptors (Lipinski definition) is 5. The van der Waals surface area contributed by atoms with Crippen LogP contribution in [0.3, 0.4) is 0 Å². The van der Waals surface area contributed by atoms with E-state index in [1.54, 1.807) is 6.08 Å². The Balaban J connectivity index is 4.19. The van der Waals surface area contributed by atoms with Crippen LogP contribution >= 0.6 is 7.82 Å². The highest BCUT2D eigenvalue weighted by atomic mass is 31.2. The molecule has 8 nitrogen and oxygen atoms in total. The molecular formula is C56H104N2O6P+. The number of amides is 1. The highest BCUT2D eigenvalue weighted by Gasteiger charge is 2.27. The molecule has 0 aromatic carbocycles. The van der Waals surface area contributed by atoms with Crippen LogP contribution in [0, 0.1) is 0 Å². The Morgan fingerprint density at radius 1 is 0.523 bits per heavy atom. The van der Waals surface area contributed by atoms with Gasteiger partial charge in [-0.2, -0.15) is 0 Å². The lowest BCUT2D eigenvalue weighted by Crippen LogP contribution is -2.45. The molecule has 0 saturated heterocycles. The van der Waals surface area contributed by atoms with Crippen LogP contribution in [-0.2, 0) is 18.4 Å². The van der Waals surface area contributed by atoms with Crippen LogP contribution in [-0.4, -0.2) is 73.4 Å². The summed E-state index contributed by atoms with van der Waals surface area (Å²) >= 11 is 0. The SMILES string of the molecule is CCCCCC/C=C/CC/C=C/CC/C=C/C(O)C(COP(=O)(O)OCC[N+](C)(C)C)NC(=O)CCCCCCCCCCCCCCCC/C=C\C/C=C\C/C=C\CCCCCCC. The van der Waals surface area contributed by atoms with Crippen LogP contribution in [0.15, 0.2) is 72.9 Å². The largest absolute Gasteiger partial charge is 0.472 e. The Kier molecular flexibility index (Phi) is 45.5. The van der Waals surface area contributed by atoms with Crippen LogP contribution in [0.1, 0.15) is 226 Å². The van der Waals surface area contributed by atoms with Gasteiger partial charge in [-0.25, -0.2) is 4.57 Å². The average Bonchev–Trinajstić information content (AvgIpc) is 3.26. The van der Waals surface area contributed by atoms with Crippen molar-refractivity contribution >= 4 is 13.7 Å². The predicted molar refractivity (Wildman–Crippen MR) is 281 cm³/mol. The summed E-state index contributed by atoms with van der Waals surface area (Å²) in [5.74, 6) is -0.194. The third-order valence-corrected chi connectivity index (χ3v) is 12.6. The number of likely N-dealkylation sites (N-methyl/N-ethyl adjacent to an activating group) is 1. The number of aliphatic hydroxyl groups is 1. The summed E-state index contributed by atoms with van der Waals surface area (Å²) < 4.78 is 23.6. The van der Waals surface area contributed by atoms with Crippen molar-refractivity contribution in [1.29, 1.82) is 0 Å². The molecule has 3 N–H and O–H groups in total. The van der Waals surface area contributed by atoms with E-state index in [-0.39, 0.29) is 19.1 Å². The van der Waals surface area contributed by atoms with E-state index < -0.39 is 20.0 Å². The molecule has 0 fully saturated rings. The second-order valence-electron chi connectivity index (χ2n) is 19.2. The molecule has 0 radical (unpaired) electrons. The smallest absolute Gasteiger partial charge is 0.387 e. The summed E-state index contributed by atoms with van der Waals surface area (Å²) in [5.41, 5.74) is 0. The first-order valence-electron chi connectivity index (χ1n) is 26.8. The van der Waals surface area contributed by atoms with E-state index in [1.165, 1.54) is 148 Å². The minimum atomic E-state index is -4.36. The third kappa shape index (κ3) is 49.7. The van der Waals surface area contributed by atoms with E-state index in [4.69, 9.17) is 9.05 Å². The molecule has 3 unspecified atom stereocenters. The van der Waals surface area contributed by atoms with Crippen molar-refractivity contribution in [1.82, 2.24) is 5.32 Å². The van der Waals surface area contributed by atoms with Gasteiger partial charge < -0.3 is 19.8 Å². The lowest BCUT2D eigenvalue weighted by Gasteiger charge is -2.25. The predicted octanol–water partition coefficient (Wildman–Crippen LogP) is 15.9. The second-order valence-corrected chi connectivity index (χ2v) is 20.7. The fraction of sp³-hybridized carbons (Fsp3) is 0.768. The number of hydrogen-bond donors (Lipinski definition) is 3. The number of aliphatic hydroxyl groups excluding tert-OH is 1. The summed E-state index contributed by atoms with van der Waals surface area (Å²) in [5, 5.41) is 13.8. The zero-order valence-corrected chi connectivity index (χ0v) is 43.9. The van der Waals surface area contributed by atoms with Gasteiger partial charge >= 0.3 is 7.82 Å². The topological polar surface area (TPSA) is 105 Å². The fourth-order valence-corrected chi connectivity index (χ4v) is 8.11. The van der Waals surface area contributed by atoms with Crippen molar-refractivity contribution in [3.63, 3.8) is 0 Å². The molecule has 9 heteroatoms. The fourth-order valence-electron chi connectivity index (χ4n) is 7.37. The second kappa shape index (κ2) is 47.0. The van der Waals surface area contributed by atoms with Crippen molar-refractivity contribution in [3.05, 3.63) is 72.9 Å². The highest BCUT2D eigenvalue weighted by molar-refractivity contribution is 7.47. The number of rotatable bonds is 48. The molecule has 0 spiro atoms. The molecule has 0 heterocycles. The molecule has 0 aliphatic rings. The standard InChI is InChI=1S/C56H103N2O6P/c1-6-8-10-12-14-16-18-20-22-23-24-25-26-27-28-29-30-31-32-33-34-35-36-38-40-42-44-46-48-50-56(60)57-54(53-64-65(61,62)63-52-51-58(3,4)5)55(59)49-47-45-43-41-39-37-21-19-17-15-13-11-9-7-2/h17-20,23-24,26-27,39,41,47,49,54-55,59H,6-16,21-22,25,28-38,40,42-46,48,50-53H2,1-5H3,(H-,57,60,61,62)/p+1/b19-17+,20-18-,24-23-,27-26-,41-39+,49-47+. The highest BCUT2D eigenvalue weighted by Crippen LogP contribution is 2.43. The van der Waals surface area contributed by atoms with Gasteiger partial charge in [-0.3, -0.25) is 13.8 Å². The maximum Gasteiger partial charge on any atom is 0.472 e. The number of unbranched alkanes of at least 4 members (excludes halogenated alkanes) is 25. The Labute approximate surface area is 402 Å². The third-order valence-electron chi connectivity index (χ3n) is 11.6. The molecule has 0 saturated carbocycles. The van der Waals surface area contributed by atoms with Crippen molar-refractivity contribution in [2.75, 3.05) is 40.9 Å².